The van der Waals surface area contributed by atoms with E-state index in [9.17, 15) is 19.0 Å². The zero-order valence-corrected chi connectivity index (χ0v) is 31.2. The molecule has 0 spiro atoms. The first-order valence-electron chi connectivity index (χ1n) is 19.2. The lowest BCUT2D eigenvalue weighted by molar-refractivity contribution is -0.161. The van der Waals surface area contributed by atoms with Gasteiger partial charge in [-0.3, -0.25) is 18.6 Å². The molecule has 0 aliphatic heterocycles. The van der Waals surface area contributed by atoms with Crippen LogP contribution in [-0.2, 0) is 32.7 Å². The van der Waals surface area contributed by atoms with Crippen molar-refractivity contribution in [1.29, 1.82) is 0 Å². The molecule has 0 amide bonds. The van der Waals surface area contributed by atoms with Crippen molar-refractivity contribution < 1.29 is 37.6 Å². The number of unbranched alkanes of at least 4 members (excludes halogenated alkanes) is 21. The second-order valence-electron chi connectivity index (χ2n) is 12.8. The van der Waals surface area contributed by atoms with Crippen LogP contribution in [-0.4, -0.2) is 49.3 Å². The number of phosphoric ester groups is 1. The average Bonchev–Trinajstić information content (AvgIpc) is 3.05. The van der Waals surface area contributed by atoms with Gasteiger partial charge in [-0.2, -0.15) is 0 Å². The van der Waals surface area contributed by atoms with Gasteiger partial charge in [-0.05, 0) is 38.5 Å². The lowest BCUT2D eigenvalue weighted by atomic mass is 10.1. The van der Waals surface area contributed by atoms with Crippen LogP contribution in [0.2, 0.25) is 0 Å². The van der Waals surface area contributed by atoms with Gasteiger partial charge in [0.15, 0.2) is 6.10 Å². The molecule has 0 aromatic heterocycles. The van der Waals surface area contributed by atoms with Crippen LogP contribution < -0.4 is 5.73 Å². The molecule has 0 saturated carbocycles. The van der Waals surface area contributed by atoms with Gasteiger partial charge in [0.2, 0.25) is 0 Å². The quantitative estimate of drug-likeness (QED) is 0.0285. The fourth-order valence-electron chi connectivity index (χ4n) is 5.28. The number of allylic oxidation sites excluding steroid dienone is 2. The molecule has 0 radical (unpaired) electrons. The van der Waals surface area contributed by atoms with Gasteiger partial charge >= 0.3 is 19.8 Å². The first-order valence-corrected chi connectivity index (χ1v) is 20.7. The van der Waals surface area contributed by atoms with Gasteiger partial charge < -0.3 is 20.1 Å². The highest BCUT2D eigenvalue weighted by atomic mass is 31.2. The summed E-state index contributed by atoms with van der Waals surface area (Å²) in [6, 6.07) is 0. The number of nitrogens with two attached hydrogens (primary N) is 1. The molecule has 0 fully saturated rings. The van der Waals surface area contributed by atoms with E-state index in [0.717, 1.165) is 51.4 Å². The van der Waals surface area contributed by atoms with E-state index in [1.54, 1.807) is 0 Å². The van der Waals surface area contributed by atoms with Crippen LogP contribution in [0, 0.1) is 0 Å². The van der Waals surface area contributed by atoms with Gasteiger partial charge in [-0.1, -0.05) is 142 Å². The number of rotatable bonds is 36. The standard InChI is InChI=1S/C37H72NO8P/c1-3-5-7-9-11-13-15-16-17-18-20-21-23-25-27-29-36(39)43-33-35(34-45-47(41,42)44-32-31-38)46-37(40)30-28-26-24-22-19-14-12-10-8-6-4-2/h16-17,35H,3-15,18-34,38H2,1-2H3,(H,41,42). The van der Waals surface area contributed by atoms with Crippen molar-refractivity contribution in [2.45, 2.75) is 187 Å². The summed E-state index contributed by atoms with van der Waals surface area (Å²) in [6.45, 7) is 3.71. The van der Waals surface area contributed by atoms with Gasteiger partial charge in [0.05, 0.1) is 13.2 Å². The van der Waals surface area contributed by atoms with Crippen LogP contribution in [0.4, 0.5) is 0 Å². The van der Waals surface area contributed by atoms with Crippen molar-refractivity contribution in [2.24, 2.45) is 5.73 Å². The highest BCUT2D eigenvalue weighted by Crippen LogP contribution is 2.43. The normalized spacial score (nSPS) is 13.5. The first-order chi connectivity index (χ1) is 22.8. The largest absolute Gasteiger partial charge is 0.472 e. The summed E-state index contributed by atoms with van der Waals surface area (Å²) < 4.78 is 32.6. The Bertz CT molecular complexity index is 794. The maximum atomic E-state index is 12.5. The third-order valence-corrected chi connectivity index (χ3v) is 9.14. The molecule has 10 heteroatoms. The molecule has 0 aromatic rings. The molecule has 2 atom stereocenters. The summed E-state index contributed by atoms with van der Waals surface area (Å²) >= 11 is 0. The smallest absolute Gasteiger partial charge is 0.462 e. The van der Waals surface area contributed by atoms with Gasteiger partial charge in [-0.15, -0.1) is 0 Å². The van der Waals surface area contributed by atoms with Crippen molar-refractivity contribution >= 4 is 19.8 Å². The van der Waals surface area contributed by atoms with Gasteiger partial charge in [0.25, 0.3) is 0 Å². The van der Waals surface area contributed by atoms with Crippen LogP contribution in [0.15, 0.2) is 12.2 Å². The first kappa shape index (κ1) is 45.8. The second-order valence-corrected chi connectivity index (χ2v) is 14.3. The number of hydrogen-bond donors (Lipinski definition) is 2. The molecule has 2 unspecified atom stereocenters. The summed E-state index contributed by atoms with van der Waals surface area (Å²) in [4.78, 5) is 34.6. The Hall–Kier alpha value is -1.25. The molecule has 0 aliphatic carbocycles. The zero-order valence-electron chi connectivity index (χ0n) is 30.3. The van der Waals surface area contributed by atoms with E-state index >= 15 is 0 Å². The van der Waals surface area contributed by atoms with Crippen molar-refractivity contribution in [2.75, 3.05) is 26.4 Å². The summed E-state index contributed by atoms with van der Waals surface area (Å²) in [5, 5.41) is 0. The maximum Gasteiger partial charge on any atom is 0.472 e. The van der Waals surface area contributed by atoms with Crippen molar-refractivity contribution in [3.8, 4) is 0 Å². The van der Waals surface area contributed by atoms with E-state index < -0.39 is 26.5 Å². The highest BCUT2D eigenvalue weighted by Gasteiger charge is 2.25. The molecule has 0 bridgehead atoms. The summed E-state index contributed by atoms with van der Waals surface area (Å²) in [7, 11) is -4.36. The lowest BCUT2D eigenvalue weighted by Gasteiger charge is -2.19. The molecule has 0 heterocycles. The fourth-order valence-corrected chi connectivity index (χ4v) is 6.04. The molecule has 9 nitrogen and oxygen atoms in total. The van der Waals surface area contributed by atoms with Crippen LogP contribution >= 0.6 is 7.82 Å². The van der Waals surface area contributed by atoms with Gasteiger partial charge in [-0.25, -0.2) is 4.57 Å². The zero-order chi connectivity index (χ0) is 34.7. The minimum Gasteiger partial charge on any atom is -0.462 e. The summed E-state index contributed by atoms with van der Waals surface area (Å²) in [5.41, 5.74) is 5.33. The number of carbonyl (C=O) groups excluding carboxylic acids is 2. The molecule has 0 aromatic carbocycles. The van der Waals surface area contributed by atoms with Gasteiger partial charge in [0, 0.05) is 19.4 Å². The van der Waals surface area contributed by atoms with E-state index in [4.69, 9.17) is 24.3 Å². The van der Waals surface area contributed by atoms with Crippen molar-refractivity contribution in [1.82, 2.24) is 0 Å². The van der Waals surface area contributed by atoms with E-state index in [-0.39, 0.29) is 38.6 Å². The Morgan fingerprint density at radius 1 is 0.617 bits per heavy atom. The van der Waals surface area contributed by atoms with E-state index in [2.05, 4.69) is 26.0 Å². The third-order valence-electron chi connectivity index (χ3n) is 8.15. The van der Waals surface area contributed by atoms with E-state index in [0.29, 0.717) is 6.42 Å². The van der Waals surface area contributed by atoms with Crippen molar-refractivity contribution in [3.05, 3.63) is 12.2 Å². The van der Waals surface area contributed by atoms with Crippen LogP contribution in [0.5, 0.6) is 0 Å². The lowest BCUT2D eigenvalue weighted by Crippen LogP contribution is -2.29. The Kier molecular flexibility index (Phi) is 33.7. The molecule has 0 aliphatic rings. The molecule has 0 saturated heterocycles. The number of hydrogen-bond acceptors (Lipinski definition) is 8. The van der Waals surface area contributed by atoms with Crippen LogP contribution in [0.25, 0.3) is 0 Å². The Morgan fingerprint density at radius 2 is 1.04 bits per heavy atom. The predicted octanol–water partition coefficient (Wildman–Crippen LogP) is 10.3. The molecule has 3 N–H and O–H groups in total. The van der Waals surface area contributed by atoms with Crippen molar-refractivity contribution in [3.63, 3.8) is 0 Å². The second kappa shape index (κ2) is 34.6. The Balaban J connectivity index is 4.20. The molecule has 47 heavy (non-hydrogen) atoms. The Labute approximate surface area is 288 Å². The van der Waals surface area contributed by atoms with Crippen LogP contribution in [0.1, 0.15) is 181 Å². The Morgan fingerprint density at radius 3 is 1.51 bits per heavy atom. The summed E-state index contributed by atoms with van der Waals surface area (Å²) in [6.07, 6.45) is 32.4. The maximum absolute atomic E-state index is 12.5. The average molecular weight is 690 g/mol. The SMILES string of the molecule is CCCCCCCCC=CCCCCCCCC(=O)OCC(COP(=O)(O)OCCN)OC(=O)CCCCCCCCCCCCC. The van der Waals surface area contributed by atoms with Crippen LogP contribution in [0.3, 0.4) is 0 Å². The molecule has 0 rings (SSSR count). The number of esters is 2. The molecule has 278 valence electrons. The number of ether oxygens (including phenoxy) is 2. The minimum atomic E-state index is -4.36. The van der Waals surface area contributed by atoms with E-state index in [1.807, 2.05) is 0 Å². The van der Waals surface area contributed by atoms with E-state index in [1.165, 1.54) is 96.3 Å². The molecular weight excluding hydrogens is 617 g/mol. The monoisotopic (exact) mass is 689 g/mol. The summed E-state index contributed by atoms with van der Waals surface area (Å²) in [5.74, 6) is -0.834. The minimum absolute atomic E-state index is 0.0548. The molecular formula is C37H72NO8P. The fraction of sp³-hybridized carbons (Fsp3) is 0.892. The predicted molar refractivity (Wildman–Crippen MR) is 192 cm³/mol. The number of phosphoric acid groups is 1. The number of carbonyl (C=O) groups is 2. The van der Waals surface area contributed by atoms with Gasteiger partial charge in [0.1, 0.15) is 6.61 Å². The third kappa shape index (κ3) is 34.4. The highest BCUT2D eigenvalue weighted by molar-refractivity contribution is 7.47. The topological polar surface area (TPSA) is 134 Å².